The SMILES string of the molecule is Cc1nnnn1CCC(=O)N1CCC(c2nccn2Cc2cscn2)CC1. The standard InChI is InChI=1S/C17H22N8OS/c1-13-20-21-22-25(13)8-4-16(26)23-6-2-14(3-7-23)17-18-5-9-24(17)10-15-11-27-12-19-15/h5,9,11-12,14H,2-4,6-8,10H2,1H3. The fourth-order valence-corrected chi connectivity index (χ4v) is 4.06. The van der Waals surface area contributed by atoms with E-state index in [1.54, 1.807) is 16.0 Å². The molecule has 0 radical (unpaired) electrons. The number of carbonyl (C=O) groups is 1. The number of nitrogens with zero attached hydrogens (tertiary/aromatic N) is 8. The molecule has 0 saturated carbocycles. The fourth-order valence-electron chi connectivity index (χ4n) is 3.51. The Kier molecular flexibility index (Phi) is 5.23. The fraction of sp³-hybridized carbons (Fsp3) is 0.529. The molecule has 0 N–H and O–H groups in total. The van der Waals surface area contributed by atoms with Crippen LogP contribution in [0.25, 0.3) is 0 Å². The maximum absolute atomic E-state index is 12.5. The van der Waals surface area contributed by atoms with E-state index in [2.05, 4.69) is 35.4 Å². The summed E-state index contributed by atoms with van der Waals surface area (Å²) in [6.07, 6.45) is 6.16. The van der Waals surface area contributed by atoms with Crippen molar-refractivity contribution in [2.75, 3.05) is 13.1 Å². The Hall–Kier alpha value is -2.62. The predicted molar refractivity (Wildman–Crippen MR) is 99.2 cm³/mol. The Labute approximate surface area is 161 Å². The van der Waals surface area contributed by atoms with Crippen LogP contribution in [0.1, 0.15) is 42.5 Å². The molecular formula is C17H22N8OS. The van der Waals surface area contributed by atoms with Gasteiger partial charge in [-0.2, -0.15) is 0 Å². The van der Waals surface area contributed by atoms with Gasteiger partial charge in [0.05, 0.1) is 24.3 Å². The Morgan fingerprint density at radius 3 is 2.85 bits per heavy atom. The first-order valence-electron chi connectivity index (χ1n) is 9.09. The molecule has 1 aliphatic heterocycles. The topological polar surface area (TPSA) is 94.6 Å². The van der Waals surface area contributed by atoms with E-state index in [0.29, 0.717) is 18.9 Å². The normalized spacial score (nSPS) is 15.4. The molecule has 0 bridgehead atoms. The first kappa shape index (κ1) is 17.8. The van der Waals surface area contributed by atoms with Crippen molar-refractivity contribution in [3.8, 4) is 0 Å². The summed E-state index contributed by atoms with van der Waals surface area (Å²) in [5, 5.41) is 13.4. The van der Waals surface area contributed by atoms with Crippen LogP contribution in [-0.2, 0) is 17.9 Å². The number of amides is 1. The van der Waals surface area contributed by atoms with E-state index < -0.39 is 0 Å². The van der Waals surface area contributed by atoms with Crippen molar-refractivity contribution >= 4 is 17.2 Å². The number of hydrogen-bond acceptors (Lipinski definition) is 7. The zero-order valence-electron chi connectivity index (χ0n) is 15.2. The lowest BCUT2D eigenvalue weighted by Gasteiger charge is -2.32. The van der Waals surface area contributed by atoms with Gasteiger partial charge in [-0.25, -0.2) is 14.6 Å². The number of tetrazole rings is 1. The largest absolute Gasteiger partial charge is 0.343 e. The number of piperidine rings is 1. The highest BCUT2D eigenvalue weighted by molar-refractivity contribution is 7.07. The number of thiazole rings is 1. The van der Waals surface area contributed by atoms with Crippen LogP contribution in [-0.4, -0.2) is 58.6 Å². The summed E-state index contributed by atoms with van der Waals surface area (Å²) in [4.78, 5) is 23.4. The van der Waals surface area contributed by atoms with Gasteiger partial charge < -0.3 is 9.47 Å². The van der Waals surface area contributed by atoms with Crippen molar-refractivity contribution in [3.63, 3.8) is 0 Å². The van der Waals surface area contributed by atoms with Crippen LogP contribution in [0.2, 0.25) is 0 Å². The molecule has 1 aliphatic rings. The van der Waals surface area contributed by atoms with E-state index in [-0.39, 0.29) is 5.91 Å². The summed E-state index contributed by atoms with van der Waals surface area (Å²) < 4.78 is 3.84. The second-order valence-electron chi connectivity index (χ2n) is 6.75. The molecule has 1 fully saturated rings. The van der Waals surface area contributed by atoms with E-state index in [1.807, 2.05) is 29.7 Å². The summed E-state index contributed by atoms with van der Waals surface area (Å²) in [6.45, 7) is 4.64. The molecule has 0 aromatic carbocycles. The maximum Gasteiger partial charge on any atom is 0.224 e. The molecule has 0 atom stereocenters. The Balaban J connectivity index is 1.31. The molecule has 0 spiro atoms. The quantitative estimate of drug-likeness (QED) is 0.637. The van der Waals surface area contributed by atoms with Crippen molar-refractivity contribution in [1.29, 1.82) is 0 Å². The maximum atomic E-state index is 12.5. The van der Waals surface area contributed by atoms with Gasteiger partial charge in [0.1, 0.15) is 11.6 Å². The first-order chi connectivity index (χ1) is 13.2. The van der Waals surface area contributed by atoms with Gasteiger partial charge in [-0.3, -0.25) is 4.79 Å². The Morgan fingerprint density at radius 2 is 2.15 bits per heavy atom. The monoisotopic (exact) mass is 386 g/mol. The third kappa shape index (κ3) is 4.05. The Bertz CT molecular complexity index is 879. The van der Waals surface area contributed by atoms with Crippen LogP contribution in [0.15, 0.2) is 23.3 Å². The number of rotatable bonds is 6. The number of carbonyl (C=O) groups excluding carboxylic acids is 1. The Morgan fingerprint density at radius 1 is 1.30 bits per heavy atom. The second kappa shape index (κ2) is 7.95. The van der Waals surface area contributed by atoms with Crippen LogP contribution in [0.5, 0.6) is 0 Å². The number of likely N-dealkylation sites (tertiary alicyclic amines) is 1. The summed E-state index contributed by atoms with van der Waals surface area (Å²) >= 11 is 1.61. The molecule has 3 aromatic rings. The third-order valence-corrected chi connectivity index (χ3v) is 5.66. The van der Waals surface area contributed by atoms with E-state index in [4.69, 9.17) is 0 Å². The van der Waals surface area contributed by atoms with E-state index in [1.165, 1.54) is 0 Å². The lowest BCUT2D eigenvalue weighted by molar-refractivity contribution is -0.132. The van der Waals surface area contributed by atoms with Gasteiger partial charge in [0.15, 0.2) is 0 Å². The first-order valence-corrected chi connectivity index (χ1v) is 10.0. The smallest absolute Gasteiger partial charge is 0.224 e. The number of hydrogen-bond donors (Lipinski definition) is 0. The molecule has 0 unspecified atom stereocenters. The number of aromatic nitrogens is 7. The van der Waals surface area contributed by atoms with Crippen LogP contribution in [0, 0.1) is 6.92 Å². The summed E-state index contributed by atoms with van der Waals surface area (Å²) in [5.41, 5.74) is 2.91. The van der Waals surface area contributed by atoms with E-state index >= 15 is 0 Å². The molecule has 27 heavy (non-hydrogen) atoms. The van der Waals surface area contributed by atoms with Crippen molar-refractivity contribution < 1.29 is 4.79 Å². The van der Waals surface area contributed by atoms with Crippen LogP contribution >= 0.6 is 11.3 Å². The second-order valence-corrected chi connectivity index (χ2v) is 7.47. The van der Waals surface area contributed by atoms with Gasteiger partial charge in [-0.05, 0) is 30.2 Å². The minimum Gasteiger partial charge on any atom is -0.343 e. The van der Waals surface area contributed by atoms with E-state index in [0.717, 1.165) is 49.8 Å². The average Bonchev–Trinajstić information content (AvgIpc) is 3.43. The van der Waals surface area contributed by atoms with Gasteiger partial charge in [-0.1, -0.05) is 0 Å². The number of imidazole rings is 1. The molecule has 3 aromatic heterocycles. The average molecular weight is 386 g/mol. The molecule has 4 heterocycles. The lowest BCUT2D eigenvalue weighted by atomic mass is 9.95. The van der Waals surface area contributed by atoms with Gasteiger partial charge in [0.2, 0.25) is 5.91 Å². The minimum absolute atomic E-state index is 0.161. The highest BCUT2D eigenvalue weighted by Crippen LogP contribution is 2.27. The molecule has 142 valence electrons. The molecule has 4 rings (SSSR count). The summed E-state index contributed by atoms with van der Waals surface area (Å²) in [5.74, 6) is 2.37. The van der Waals surface area contributed by atoms with Crippen LogP contribution < -0.4 is 0 Å². The van der Waals surface area contributed by atoms with Crippen molar-refractivity contribution in [2.24, 2.45) is 0 Å². The van der Waals surface area contributed by atoms with Crippen molar-refractivity contribution in [2.45, 2.75) is 45.2 Å². The summed E-state index contributed by atoms with van der Waals surface area (Å²) in [7, 11) is 0. The highest BCUT2D eigenvalue weighted by Gasteiger charge is 2.26. The minimum atomic E-state index is 0.161. The van der Waals surface area contributed by atoms with Crippen molar-refractivity contribution in [1.82, 2.24) is 39.6 Å². The summed E-state index contributed by atoms with van der Waals surface area (Å²) in [6, 6.07) is 0. The van der Waals surface area contributed by atoms with Gasteiger partial charge in [0, 0.05) is 43.2 Å². The third-order valence-electron chi connectivity index (χ3n) is 5.02. The highest BCUT2D eigenvalue weighted by atomic mass is 32.1. The lowest BCUT2D eigenvalue weighted by Crippen LogP contribution is -2.38. The predicted octanol–water partition coefficient (Wildman–Crippen LogP) is 1.48. The van der Waals surface area contributed by atoms with Crippen molar-refractivity contribution in [3.05, 3.63) is 40.6 Å². The van der Waals surface area contributed by atoms with Gasteiger partial charge in [0.25, 0.3) is 0 Å². The molecule has 1 saturated heterocycles. The molecule has 9 nitrogen and oxygen atoms in total. The van der Waals surface area contributed by atoms with Crippen LogP contribution in [0.4, 0.5) is 0 Å². The molecule has 10 heteroatoms. The zero-order chi connectivity index (χ0) is 18.6. The zero-order valence-corrected chi connectivity index (χ0v) is 16.0. The molecule has 0 aliphatic carbocycles. The van der Waals surface area contributed by atoms with Gasteiger partial charge in [-0.15, -0.1) is 16.4 Å². The van der Waals surface area contributed by atoms with Crippen LogP contribution in [0.3, 0.4) is 0 Å². The van der Waals surface area contributed by atoms with E-state index in [9.17, 15) is 4.79 Å². The molecular weight excluding hydrogens is 364 g/mol. The molecule has 1 amide bonds. The van der Waals surface area contributed by atoms with Gasteiger partial charge >= 0.3 is 0 Å². The number of aryl methyl sites for hydroxylation is 2.